The van der Waals surface area contributed by atoms with Gasteiger partial charge < -0.3 is 9.15 Å². The van der Waals surface area contributed by atoms with E-state index in [-0.39, 0.29) is 11.7 Å². The van der Waals surface area contributed by atoms with Crippen LogP contribution in [0.5, 0.6) is 5.75 Å². The molecular weight excluding hydrogens is 360 g/mol. The second-order valence-electron chi connectivity index (χ2n) is 6.16. The minimum atomic E-state index is -0.295. The molecule has 2 aromatic carbocycles. The highest BCUT2D eigenvalue weighted by Crippen LogP contribution is 2.27. The zero-order valence-electron chi connectivity index (χ0n) is 15.0. The number of fused-ring (bicyclic) bond motifs is 1. The van der Waals surface area contributed by atoms with Crippen LogP contribution in [0.4, 0.5) is 5.13 Å². The molecular formula is C21H18N2O3S. The number of hydrogen-bond donors (Lipinski definition) is 1. The minimum absolute atomic E-state index is 0.278. The van der Waals surface area contributed by atoms with E-state index >= 15 is 0 Å². The van der Waals surface area contributed by atoms with Gasteiger partial charge in [-0.05, 0) is 36.8 Å². The molecule has 0 saturated heterocycles. The Balaban J connectivity index is 1.49. The molecule has 2 heterocycles. The van der Waals surface area contributed by atoms with Gasteiger partial charge in [0.05, 0.1) is 12.8 Å². The Hall–Kier alpha value is -3.12. The average Bonchev–Trinajstić information content (AvgIpc) is 3.26. The average molecular weight is 378 g/mol. The molecule has 1 amide bonds. The number of carbonyl (C=O) groups excluding carboxylic acids is 1. The van der Waals surface area contributed by atoms with Gasteiger partial charge in [0.25, 0.3) is 5.91 Å². The summed E-state index contributed by atoms with van der Waals surface area (Å²) in [5.74, 6) is 0.815. The van der Waals surface area contributed by atoms with Gasteiger partial charge in [-0.3, -0.25) is 10.1 Å². The number of ether oxygens (including phenoxy) is 1. The number of benzene rings is 2. The van der Waals surface area contributed by atoms with Gasteiger partial charge in [0.15, 0.2) is 10.9 Å². The molecule has 136 valence electrons. The Labute approximate surface area is 160 Å². The summed E-state index contributed by atoms with van der Waals surface area (Å²) in [6.07, 6.45) is 0.758. The highest BCUT2D eigenvalue weighted by Gasteiger charge is 2.15. The lowest BCUT2D eigenvalue weighted by molar-refractivity contribution is 0.0998. The number of methoxy groups -OCH3 is 1. The molecule has 0 saturated carbocycles. The zero-order valence-corrected chi connectivity index (χ0v) is 15.8. The van der Waals surface area contributed by atoms with Crippen molar-refractivity contribution in [2.75, 3.05) is 12.4 Å². The number of thiazole rings is 1. The number of hydrogen-bond acceptors (Lipinski definition) is 5. The molecule has 0 bridgehead atoms. The van der Waals surface area contributed by atoms with E-state index in [9.17, 15) is 4.79 Å². The number of rotatable bonds is 5. The number of para-hydroxylation sites is 1. The zero-order chi connectivity index (χ0) is 18.8. The number of aromatic nitrogens is 1. The molecule has 6 heteroatoms. The maximum absolute atomic E-state index is 12.5. The van der Waals surface area contributed by atoms with E-state index < -0.39 is 0 Å². The Morgan fingerprint density at radius 2 is 1.96 bits per heavy atom. The number of nitrogens with one attached hydrogen (secondary N) is 1. The predicted octanol–water partition coefficient (Wildman–Crippen LogP) is 5.05. The third kappa shape index (κ3) is 3.71. The lowest BCUT2D eigenvalue weighted by Gasteiger charge is -2.02. The molecule has 0 fully saturated rings. The number of amides is 1. The molecule has 0 unspecified atom stereocenters. The fourth-order valence-corrected chi connectivity index (χ4v) is 3.82. The van der Waals surface area contributed by atoms with E-state index in [1.807, 2.05) is 55.5 Å². The van der Waals surface area contributed by atoms with Gasteiger partial charge in [-0.2, -0.15) is 0 Å². The molecule has 27 heavy (non-hydrogen) atoms. The van der Waals surface area contributed by atoms with Gasteiger partial charge >= 0.3 is 0 Å². The highest BCUT2D eigenvalue weighted by atomic mass is 32.1. The third-order valence-electron chi connectivity index (χ3n) is 4.29. The second-order valence-corrected chi connectivity index (χ2v) is 7.24. The molecule has 5 nitrogen and oxygen atoms in total. The first-order valence-electron chi connectivity index (χ1n) is 8.51. The number of carbonyl (C=O) groups is 1. The topological polar surface area (TPSA) is 64.4 Å². The van der Waals surface area contributed by atoms with Crippen LogP contribution in [0.15, 0.2) is 59.0 Å². The van der Waals surface area contributed by atoms with Gasteiger partial charge in [0.1, 0.15) is 11.3 Å². The van der Waals surface area contributed by atoms with Gasteiger partial charge in [-0.25, -0.2) is 4.98 Å². The SMILES string of the molecule is COc1ccc(Cc2sc(NC(=O)c3cc4ccccc4o3)nc2C)cc1. The van der Waals surface area contributed by atoms with Crippen LogP contribution in [0, 0.1) is 6.92 Å². The second kappa shape index (κ2) is 7.25. The third-order valence-corrected chi connectivity index (χ3v) is 5.36. The highest BCUT2D eigenvalue weighted by molar-refractivity contribution is 7.15. The number of nitrogens with zero attached hydrogens (tertiary/aromatic N) is 1. The van der Waals surface area contributed by atoms with E-state index in [2.05, 4.69) is 10.3 Å². The number of aryl methyl sites for hydroxylation is 1. The van der Waals surface area contributed by atoms with Crippen LogP contribution in [0.3, 0.4) is 0 Å². The monoisotopic (exact) mass is 378 g/mol. The van der Waals surface area contributed by atoms with Crippen LogP contribution >= 0.6 is 11.3 Å². The van der Waals surface area contributed by atoms with Gasteiger partial charge in [-0.15, -0.1) is 11.3 Å². The Bertz CT molecular complexity index is 1060. The van der Waals surface area contributed by atoms with Crippen LogP contribution in [0.2, 0.25) is 0 Å². The Morgan fingerprint density at radius 1 is 1.19 bits per heavy atom. The largest absolute Gasteiger partial charge is 0.497 e. The molecule has 0 aliphatic carbocycles. The first kappa shape index (κ1) is 17.3. The van der Waals surface area contributed by atoms with Gasteiger partial charge in [0, 0.05) is 16.7 Å². The normalized spacial score (nSPS) is 10.9. The van der Waals surface area contributed by atoms with Crippen molar-refractivity contribution in [3.8, 4) is 5.75 Å². The van der Waals surface area contributed by atoms with Crippen LogP contribution in [0.25, 0.3) is 11.0 Å². The van der Waals surface area contributed by atoms with Crippen LogP contribution in [-0.4, -0.2) is 18.0 Å². The fourth-order valence-electron chi connectivity index (χ4n) is 2.83. The molecule has 4 rings (SSSR count). The molecule has 0 aliphatic heterocycles. The first-order chi connectivity index (χ1) is 13.1. The molecule has 0 spiro atoms. The van der Waals surface area contributed by atoms with Gasteiger partial charge in [-0.1, -0.05) is 30.3 Å². The summed E-state index contributed by atoms with van der Waals surface area (Å²) in [6, 6.07) is 17.2. The lowest BCUT2D eigenvalue weighted by Crippen LogP contribution is -2.10. The van der Waals surface area contributed by atoms with E-state index in [1.54, 1.807) is 13.2 Å². The standard InChI is InChI=1S/C21H18N2O3S/c1-13-19(11-14-7-9-16(25-2)10-8-14)27-21(22-13)23-20(24)18-12-15-5-3-4-6-17(15)26-18/h3-10,12H,11H2,1-2H3,(H,22,23,24). The summed E-state index contributed by atoms with van der Waals surface area (Å²) < 4.78 is 10.8. The number of furan rings is 1. The lowest BCUT2D eigenvalue weighted by atomic mass is 10.1. The quantitative estimate of drug-likeness (QED) is 0.528. The van der Waals surface area contributed by atoms with Crippen LogP contribution < -0.4 is 10.1 Å². The minimum Gasteiger partial charge on any atom is -0.497 e. The smallest absolute Gasteiger partial charge is 0.293 e. The Morgan fingerprint density at radius 3 is 2.70 bits per heavy atom. The van der Waals surface area contributed by atoms with E-state index in [0.717, 1.165) is 33.7 Å². The molecule has 0 atom stereocenters. The van der Waals surface area contributed by atoms with Crippen molar-refractivity contribution in [1.82, 2.24) is 4.98 Å². The maximum Gasteiger partial charge on any atom is 0.293 e. The van der Waals surface area contributed by atoms with Crippen molar-refractivity contribution in [2.24, 2.45) is 0 Å². The predicted molar refractivity (Wildman–Crippen MR) is 107 cm³/mol. The van der Waals surface area contributed by atoms with E-state index in [0.29, 0.717) is 10.7 Å². The molecule has 2 aromatic heterocycles. The van der Waals surface area contributed by atoms with Crippen molar-refractivity contribution >= 4 is 33.3 Å². The van der Waals surface area contributed by atoms with Crippen molar-refractivity contribution < 1.29 is 13.9 Å². The van der Waals surface area contributed by atoms with E-state index in [4.69, 9.17) is 9.15 Å². The number of anilines is 1. The molecule has 0 radical (unpaired) electrons. The Kier molecular flexibility index (Phi) is 4.64. The van der Waals surface area contributed by atoms with Crippen molar-refractivity contribution in [2.45, 2.75) is 13.3 Å². The maximum atomic E-state index is 12.5. The summed E-state index contributed by atoms with van der Waals surface area (Å²) in [4.78, 5) is 18.1. The first-order valence-corrected chi connectivity index (χ1v) is 9.33. The van der Waals surface area contributed by atoms with E-state index in [1.165, 1.54) is 11.3 Å². The fraction of sp³-hybridized carbons (Fsp3) is 0.143. The van der Waals surface area contributed by atoms with Crippen LogP contribution in [0.1, 0.15) is 26.7 Å². The summed E-state index contributed by atoms with van der Waals surface area (Å²) in [5, 5.41) is 4.31. The van der Waals surface area contributed by atoms with Crippen molar-refractivity contribution in [3.05, 3.63) is 76.5 Å². The van der Waals surface area contributed by atoms with Gasteiger partial charge in [0.2, 0.25) is 0 Å². The summed E-state index contributed by atoms with van der Waals surface area (Å²) in [6.45, 7) is 1.95. The molecule has 4 aromatic rings. The molecule has 0 aliphatic rings. The summed E-state index contributed by atoms with van der Waals surface area (Å²) in [5.41, 5.74) is 2.77. The van der Waals surface area contributed by atoms with Crippen molar-refractivity contribution in [3.63, 3.8) is 0 Å². The van der Waals surface area contributed by atoms with Crippen LogP contribution in [-0.2, 0) is 6.42 Å². The molecule has 1 N–H and O–H groups in total. The summed E-state index contributed by atoms with van der Waals surface area (Å²) in [7, 11) is 1.65. The summed E-state index contributed by atoms with van der Waals surface area (Å²) >= 11 is 1.48. The van der Waals surface area contributed by atoms with Crippen molar-refractivity contribution in [1.29, 1.82) is 0 Å².